The molecule has 7 heavy (non-hydrogen) atoms. The van der Waals surface area contributed by atoms with Crippen LogP contribution in [0.3, 0.4) is 0 Å². The van der Waals surface area contributed by atoms with Crippen LogP contribution in [0.4, 0.5) is 0 Å². The first kappa shape index (κ1) is 10.4. The molecule has 0 aliphatic carbocycles. The third-order valence-corrected chi connectivity index (χ3v) is 0.602. The first-order valence-electron chi connectivity index (χ1n) is 2.26. The van der Waals surface area contributed by atoms with E-state index in [1.54, 1.807) is 6.92 Å². The molecule has 0 saturated heterocycles. The molecular weight excluding hydrogens is 100 g/mol. The fourth-order valence-corrected chi connectivity index (χ4v) is 0.352. The molecule has 0 aromatic carbocycles. The summed E-state index contributed by atoms with van der Waals surface area (Å²) >= 11 is 0. The molecule has 0 atom stereocenters. The van der Waals surface area contributed by atoms with Gasteiger partial charge in [0.2, 0.25) is 0 Å². The van der Waals surface area contributed by atoms with Crippen LogP contribution < -0.4 is 0 Å². The van der Waals surface area contributed by atoms with Crippen LogP contribution in [-0.4, -0.2) is 28.8 Å². The van der Waals surface area contributed by atoms with Gasteiger partial charge in [0, 0.05) is 6.42 Å². The van der Waals surface area contributed by atoms with E-state index in [0.717, 1.165) is 12.8 Å². The van der Waals surface area contributed by atoms with Crippen molar-refractivity contribution >= 4 is 28.8 Å². The minimum absolute atomic E-state index is 0. The van der Waals surface area contributed by atoms with E-state index in [-0.39, 0.29) is 28.8 Å². The molecule has 0 spiro atoms. The summed E-state index contributed by atoms with van der Waals surface area (Å²) < 4.78 is 0. The van der Waals surface area contributed by atoms with Crippen molar-refractivity contribution < 1.29 is 4.79 Å². The van der Waals surface area contributed by atoms with Gasteiger partial charge in [-0.25, -0.2) is 0 Å². The van der Waals surface area contributed by atoms with Gasteiger partial charge >= 0.3 is 23.1 Å². The summed E-state index contributed by atoms with van der Waals surface area (Å²) in [5.41, 5.74) is 0. The van der Waals surface area contributed by atoms with Crippen molar-refractivity contribution in [2.24, 2.45) is 0 Å². The quantitative estimate of drug-likeness (QED) is 0.475. The van der Waals surface area contributed by atoms with Crippen LogP contribution in [0.1, 0.15) is 26.7 Å². The van der Waals surface area contributed by atoms with Gasteiger partial charge in [0.1, 0.15) is 5.78 Å². The second-order valence-corrected chi connectivity index (χ2v) is 1.45. The second kappa shape index (κ2) is 6.44. The van der Waals surface area contributed by atoms with E-state index < -0.39 is 0 Å². The van der Waals surface area contributed by atoms with Gasteiger partial charge in [-0.1, -0.05) is 6.92 Å². The van der Waals surface area contributed by atoms with Crippen LogP contribution in [0.15, 0.2) is 0 Å². The van der Waals surface area contributed by atoms with Gasteiger partial charge in [-0.2, -0.15) is 0 Å². The lowest BCUT2D eigenvalue weighted by Crippen LogP contribution is -1.84. The number of rotatable bonds is 2. The average molecular weight is 112 g/mol. The fraction of sp³-hybridized carbons (Fsp3) is 0.800. The first-order chi connectivity index (χ1) is 2.77. The SMILES string of the molecule is CCCC(C)=O.[MgH2]. The Morgan fingerprint density at radius 1 is 1.57 bits per heavy atom. The predicted octanol–water partition coefficient (Wildman–Crippen LogP) is 0.459. The van der Waals surface area contributed by atoms with E-state index in [4.69, 9.17) is 0 Å². The molecule has 0 fully saturated rings. The van der Waals surface area contributed by atoms with Gasteiger partial charge in [0.25, 0.3) is 0 Å². The van der Waals surface area contributed by atoms with Crippen molar-refractivity contribution in [3.8, 4) is 0 Å². The molecule has 0 rings (SSSR count). The van der Waals surface area contributed by atoms with Crippen LogP contribution in [0, 0.1) is 0 Å². The molecule has 0 radical (unpaired) electrons. The summed E-state index contributed by atoms with van der Waals surface area (Å²) in [5.74, 6) is 0.289. The number of carbonyl (C=O) groups excluding carboxylic acids is 1. The Morgan fingerprint density at radius 2 is 2.00 bits per heavy atom. The largest absolute Gasteiger partial charge is 0.316 e. The molecule has 0 N–H and O–H groups in total. The monoisotopic (exact) mass is 112 g/mol. The molecule has 0 aliphatic rings. The molecule has 0 heterocycles. The molecule has 1 nitrogen and oxygen atoms in total. The van der Waals surface area contributed by atoms with E-state index in [2.05, 4.69) is 0 Å². The number of hydrogen-bond donors (Lipinski definition) is 0. The molecule has 0 saturated carbocycles. The maximum absolute atomic E-state index is 10.0. The Morgan fingerprint density at radius 3 is 2.00 bits per heavy atom. The summed E-state index contributed by atoms with van der Waals surface area (Å²) in [6.45, 7) is 3.62. The molecule has 0 amide bonds. The zero-order valence-corrected chi connectivity index (χ0v) is 4.32. The first-order valence-corrected chi connectivity index (χ1v) is 2.26. The molecule has 0 aliphatic heterocycles. The van der Waals surface area contributed by atoms with Crippen molar-refractivity contribution in [2.75, 3.05) is 0 Å². The Labute approximate surface area is 60.6 Å². The molecule has 40 valence electrons. The number of hydrogen-bond acceptors (Lipinski definition) is 1. The van der Waals surface area contributed by atoms with E-state index in [0.29, 0.717) is 0 Å². The molecule has 0 unspecified atom stereocenters. The van der Waals surface area contributed by atoms with E-state index >= 15 is 0 Å². The Kier molecular flexibility index (Phi) is 9.58. The van der Waals surface area contributed by atoms with Gasteiger partial charge < -0.3 is 4.79 Å². The summed E-state index contributed by atoms with van der Waals surface area (Å²) in [4.78, 5) is 10.0. The number of ketones is 1. The highest BCUT2D eigenvalue weighted by Gasteiger charge is 1.83. The van der Waals surface area contributed by atoms with E-state index in [9.17, 15) is 4.79 Å². The zero-order chi connectivity index (χ0) is 4.99. The fourth-order valence-electron chi connectivity index (χ4n) is 0.352. The lowest BCUT2D eigenvalue weighted by Gasteiger charge is -1.80. The van der Waals surface area contributed by atoms with E-state index in [1.165, 1.54) is 0 Å². The van der Waals surface area contributed by atoms with Gasteiger partial charge in [0.05, 0.1) is 0 Å². The van der Waals surface area contributed by atoms with Crippen LogP contribution >= 0.6 is 0 Å². The minimum atomic E-state index is 0. The van der Waals surface area contributed by atoms with Crippen LogP contribution in [0.25, 0.3) is 0 Å². The topological polar surface area (TPSA) is 17.1 Å². The Balaban J connectivity index is 0. The Bertz CT molecular complexity index is 52.0. The van der Waals surface area contributed by atoms with Gasteiger partial charge in [0.15, 0.2) is 0 Å². The van der Waals surface area contributed by atoms with Gasteiger partial charge in [-0.15, -0.1) is 0 Å². The van der Waals surface area contributed by atoms with Gasteiger partial charge in [-0.05, 0) is 13.3 Å². The van der Waals surface area contributed by atoms with Crippen molar-refractivity contribution in [1.82, 2.24) is 0 Å². The predicted molar refractivity (Wildman–Crippen MR) is 34.1 cm³/mol. The smallest absolute Gasteiger partial charge is 0.300 e. The standard InChI is InChI=1S/C5H10O.Mg.2H/c1-3-4-5(2)6;;;/h3-4H2,1-2H3;;;. The molecule has 0 aromatic rings. The number of Topliss-reactive ketones (excluding diaryl/α,β-unsaturated/α-hetero) is 1. The molecule has 2 heteroatoms. The zero-order valence-electron chi connectivity index (χ0n) is 4.32. The van der Waals surface area contributed by atoms with Crippen LogP contribution in [0.2, 0.25) is 0 Å². The molecule has 0 bridgehead atoms. The van der Waals surface area contributed by atoms with E-state index in [1.807, 2.05) is 6.92 Å². The normalized spacial score (nSPS) is 7.14. The minimum Gasteiger partial charge on any atom is -0.300 e. The summed E-state index contributed by atoms with van der Waals surface area (Å²) in [7, 11) is 0. The maximum atomic E-state index is 10.0. The third-order valence-electron chi connectivity index (χ3n) is 0.602. The van der Waals surface area contributed by atoms with Crippen molar-refractivity contribution in [3.05, 3.63) is 0 Å². The average Bonchev–Trinajstić information content (AvgIpc) is 1.35. The summed E-state index contributed by atoms with van der Waals surface area (Å²) in [5, 5.41) is 0. The highest BCUT2D eigenvalue weighted by Crippen LogP contribution is 1.84. The van der Waals surface area contributed by atoms with Crippen LogP contribution in [0.5, 0.6) is 0 Å². The molecule has 0 aromatic heterocycles. The highest BCUT2D eigenvalue weighted by atomic mass is 24.3. The highest BCUT2D eigenvalue weighted by molar-refractivity contribution is 5.75. The van der Waals surface area contributed by atoms with Gasteiger partial charge in [-0.3, -0.25) is 0 Å². The molecular formula is C5H12MgO. The summed E-state index contributed by atoms with van der Waals surface area (Å²) in [6.07, 6.45) is 1.72. The maximum Gasteiger partial charge on any atom is 0.316 e. The number of carbonyl (C=O) groups is 1. The summed E-state index contributed by atoms with van der Waals surface area (Å²) in [6, 6.07) is 0. The van der Waals surface area contributed by atoms with Crippen molar-refractivity contribution in [1.29, 1.82) is 0 Å². The lowest BCUT2D eigenvalue weighted by molar-refractivity contribution is -0.117. The third kappa shape index (κ3) is 10.7. The van der Waals surface area contributed by atoms with Crippen LogP contribution in [-0.2, 0) is 4.79 Å². The van der Waals surface area contributed by atoms with Crippen molar-refractivity contribution in [2.45, 2.75) is 26.7 Å². The lowest BCUT2D eigenvalue weighted by atomic mass is 10.3. The Hall–Kier alpha value is 0.436. The van der Waals surface area contributed by atoms with Crippen molar-refractivity contribution in [3.63, 3.8) is 0 Å². The second-order valence-electron chi connectivity index (χ2n) is 1.45.